The first-order valence-corrected chi connectivity index (χ1v) is 8.68. The third-order valence-electron chi connectivity index (χ3n) is 3.56. The topological polar surface area (TPSA) is 71.5 Å². The van der Waals surface area contributed by atoms with E-state index in [4.69, 9.17) is 4.74 Å². The van der Waals surface area contributed by atoms with Gasteiger partial charge in [0.2, 0.25) is 10.0 Å². The van der Waals surface area contributed by atoms with Crippen LogP contribution in [0.2, 0.25) is 0 Å². The number of pyridine rings is 1. The summed E-state index contributed by atoms with van der Waals surface area (Å²) in [7, 11) is -0.397. The van der Waals surface area contributed by atoms with Crippen molar-refractivity contribution in [1.82, 2.24) is 9.29 Å². The van der Waals surface area contributed by atoms with Crippen LogP contribution in [0.5, 0.6) is 0 Å². The van der Waals surface area contributed by atoms with E-state index < -0.39 is 10.0 Å². The van der Waals surface area contributed by atoms with Crippen molar-refractivity contribution in [1.29, 1.82) is 0 Å². The van der Waals surface area contributed by atoms with E-state index in [1.807, 2.05) is 0 Å². The smallest absolute Gasteiger partial charge is 0.244 e. The van der Waals surface area contributed by atoms with E-state index in [2.05, 4.69) is 10.3 Å². The molecule has 0 radical (unpaired) electrons. The van der Waals surface area contributed by atoms with Crippen LogP contribution in [-0.4, -0.2) is 51.1 Å². The van der Waals surface area contributed by atoms with Crippen LogP contribution < -0.4 is 5.32 Å². The Morgan fingerprint density at radius 3 is 2.76 bits per heavy atom. The maximum atomic E-state index is 11.9. The van der Waals surface area contributed by atoms with Crippen molar-refractivity contribution in [2.75, 3.05) is 32.6 Å². The van der Waals surface area contributed by atoms with Gasteiger partial charge in [-0.3, -0.25) is 0 Å². The highest BCUT2D eigenvalue weighted by atomic mass is 32.2. The summed E-state index contributed by atoms with van der Waals surface area (Å²) in [5.41, 5.74) is 0. The lowest BCUT2D eigenvalue weighted by Gasteiger charge is -2.22. The van der Waals surface area contributed by atoms with E-state index in [1.54, 1.807) is 12.1 Å². The fraction of sp³-hybridized carbons (Fsp3) is 0.643. The minimum Gasteiger partial charge on any atom is -0.378 e. The standard InChI is InChI=1S/C14H23N3O3S/c1-17(2)21(18,19)13-6-7-14(16-11-13)15-9-8-12-5-3-4-10-20-12/h6-7,11-12H,3-5,8-10H2,1-2H3,(H,15,16). The van der Waals surface area contributed by atoms with Crippen molar-refractivity contribution in [2.45, 2.75) is 36.7 Å². The first kappa shape index (κ1) is 16.2. The van der Waals surface area contributed by atoms with E-state index in [9.17, 15) is 8.42 Å². The molecule has 1 aromatic rings. The number of anilines is 1. The number of nitrogens with zero attached hydrogens (tertiary/aromatic N) is 2. The summed E-state index contributed by atoms with van der Waals surface area (Å²) < 4.78 is 30.7. The zero-order valence-electron chi connectivity index (χ0n) is 12.6. The molecule has 21 heavy (non-hydrogen) atoms. The monoisotopic (exact) mass is 313 g/mol. The summed E-state index contributed by atoms with van der Waals surface area (Å²) in [5, 5.41) is 3.20. The van der Waals surface area contributed by atoms with Gasteiger partial charge in [0.05, 0.1) is 6.10 Å². The molecule has 1 aliphatic heterocycles. The van der Waals surface area contributed by atoms with E-state index in [1.165, 1.54) is 31.0 Å². The van der Waals surface area contributed by atoms with Crippen LogP contribution in [0.3, 0.4) is 0 Å². The molecule has 0 aromatic carbocycles. The fourth-order valence-electron chi connectivity index (χ4n) is 2.24. The number of hydrogen-bond donors (Lipinski definition) is 1. The van der Waals surface area contributed by atoms with Gasteiger partial charge in [0.25, 0.3) is 0 Å². The van der Waals surface area contributed by atoms with Gasteiger partial charge in [-0.1, -0.05) is 0 Å². The molecule has 2 heterocycles. The van der Waals surface area contributed by atoms with Crippen LogP contribution in [0, 0.1) is 0 Å². The Labute approximate surface area is 126 Å². The number of nitrogens with one attached hydrogen (secondary N) is 1. The second-order valence-electron chi connectivity index (χ2n) is 5.37. The van der Waals surface area contributed by atoms with Crippen LogP contribution >= 0.6 is 0 Å². The van der Waals surface area contributed by atoms with Gasteiger partial charge in [-0.15, -0.1) is 0 Å². The third kappa shape index (κ3) is 4.39. The van der Waals surface area contributed by atoms with Crippen LogP contribution in [0.15, 0.2) is 23.2 Å². The Hall–Kier alpha value is -1.18. The zero-order valence-corrected chi connectivity index (χ0v) is 13.4. The first-order valence-electron chi connectivity index (χ1n) is 7.24. The van der Waals surface area contributed by atoms with E-state index in [-0.39, 0.29) is 4.90 Å². The molecule has 1 N–H and O–H groups in total. The molecule has 0 amide bonds. The molecule has 1 aromatic heterocycles. The van der Waals surface area contributed by atoms with Crippen molar-refractivity contribution in [3.05, 3.63) is 18.3 Å². The quantitative estimate of drug-likeness (QED) is 0.865. The largest absolute Gasteiger partial charge is 0.378 e. The first-order chi connectivity index (χ1) is 10.00. The SMILES string of the molecule is CN(C)S(=O)(=O)c1ccc(NCCC2CCCCO2)nc1. The van der Waals surface area contributed by atoms with Crippen molar-refractivity contribution < 1.29 is 13.2 Å². The summed E-state index contributed by atoms with van der Waals surface area (Å²) in [4.78, 5) is 4.35. The maximum absolute atomic E-state index is 11.9. The Balaban J connectivity index is 1.85. The molecule has 1 unspecified atom stereocenters. The lowest BCUT2D eigenvalue weighted by atomic mass is 10.1. The molecule has 1 fully saturated rings. The molecule has 0 spiro atoms. The summed E-state index contributed by atoms with van der Waals surface area (Å²) in [5.74, 6) is 0.684. The van der Waals surface area contributed by atoms with E-state index in [0.29, 0.717) is 11.9 Å². The summed E-state index contributed by atoms with van der Waals surface area (Å²) in [6.45, 7) is 1.64. The van der Waals surface area contributed by atoms with E-state index in [0.717, 1.165) is 32.4 Å². The number of sulfonamides is 1. The average Bonchev–Trinajstić information content (AvgIpc) is 2.49. The van der Waals surface area contributed by atoms with Gasteiger partial charge in [-0.2, -0.15) is 0 Å². The average molecular weight is 313 g/mol. The zero-order chi connectivity index (χ0) is 15.3. The normalized spacial score (nSPS) is 19.7. The van der Waals surface area contributed by atoms with Crippen LogP contribution in [0.25, 0.3) is 0 Å². The Morgan fingerprint density at radius 1 is 1.38 bits per heavy atom. The molecule has 0 bridgehead atoms. The molecule has 0 aliphatic carbocycles. The van der Waals surface area contributed by atoms with Gasteiger partial charge in [0.15, 0.2) is 0 Å². The Morgan fingerprint density at radius 2 is 2.19 bits per heavy atom. The second-order valence-corrected chi connectivity index (χ2v) is 7.52. The minimum absolute atomic E-state index is 0.202. The highest BCUT2D eigenvalue weighted by molar-refractivity contribution is 7.89. The highest BCUT2D eigenvalue weighted by Crippen LogP contribution is 2.16. The van der Waals surface area contributed by atoms with Gasteiger partial charge in [0, 0.05) is 33.4 Å². The molecule has 6 nitrogen and oxygen atoms in total. The lowest BCUT2D eigenvalue weighted by Crippen LogP contribution is -2.23. The second kappa shape index (κ2) is 7.20. The molecule has 118 valence electrons. The molecular formula is C14H23N3O3S. The van der Waals surface area contributed by atoms with Crippen LogP contribution in [0.1, 0.15) is 25.7 Å². The third-order valence-corrected chi connectivity index (χ3v) is 5.36. The van der Waals surface area contributed by atoms with Crippen LogP contribution in [0.4, 0.5) is 5.82 Å². The van der Waals surface area contributed by atoms with E-state index >= 15 is 0 Å². The van der Waals surface area contributed by atoms with Gasteiger partial charge in [-0.05, 0) is 37.8 Å². The predicted molar refractivity (Wildman–Crippen MR) is 81.8 cm³/mol. The van der Waals surface area contributed by atoms with Crippen molar-refractivity contribution >= 4 is 15.8 Å². The van der Waals surface area contributed by atoms with Crippen molar-refractivity contribution in [3.8, 4) is 0 Å². The predicted octanol–water partition coefficient (Wildman–Crippen LogP) is 1.70. The van der Waals surface area contributed by atoms with Crippen molar-refractivity contribution in [3.63, 3.8) is 0 Å². The van der Waals surface area contributed by atoms with Gasteiger partial charge in [0.1, 0.15) is 10.7 Å². The van der Waals surface area contributed by atoms with Gasteiger partial charge in [-0.25, -0.2) is 17.7 Å². The van der Waals surface area contributed by atoms with Crippen molar-refractivity contribution in [2.24, 2.45) is 0 Å². The minimum atomic E-state index is -3.41. The lowest BCUT2D eigenvalue weighted by molar-refractivity contribution is 0.0134. The number of ether oxygens (including phenoxy) is 1. The molecule has 1 atom stereocenters. The molecular weight excluding hydrogens is 290 g/mol. The van der Waals surface area contributed by atoms with Gasteiger partial charge >= 0.3 is 0 Å². The number of hydrogen-bond acceptors (Lipinski definition) is 5. The Bertz CT molecular complexity index is 537. The molecule has 0 saturated carbocycles. The Kier molecular flexibility index (Phi) is 5.55. The summed E-state index contributed by atoms with van der Waals surface area (Å²) >= 11 is 0. The summed E-state index contributed by atoms with van der Waals surface area (Å²) in [6.07, 6.45) is 6.18. The molecule has 1 saturated heterocycles. The van der Waals surface area contributed by atoms with Gasteiger partial charge < -0.3 is 10.1 Å². The molecule has 1 aliphatic rings. The van der Waals surface area contributed by atoms with Crippen LogP contribution in [-0.2, 0) is 14.8 Å². The highest BCUT2D eigenvalue weighted by Gasteiger charge is 2.17. The number of aromatic nitrogens is 1. The molecule has 7 heteroatoms. The number of rotatable bonds is 6. The maximum Gasteiger partial charge on any atom is 0.244 e. The summed E-state index contributed by atoms with van der Waals surface area (Å²) in [6, 6.07) is 3.26. The molecule has 2 rings (SSSR count). The fourth-order valence-corrected chi connectivity index (χ4v) is 3.09.